The standard InChI is InChI=1S/C23H32N2O5S/c1-3-28-16-17-30-21-8-10-22(11-9-21)31(26,27)24-18-23(25-12-14-29-15-13-25)20-6-4-19(2)5-7-20/h4-11,23-24H,3,12-18H2,1-2H3. The average Bonchev–Trinajstić information content (AvgIpc) is 2.79. The topological polar surface area (TPSA) is 77.1 Å². The SMILES string of the molecule is CCOCCOc1ccc(S(=O)(=O)NCC(c2ccc(C)cc2)N2CCOCC2)cc1. The van der Waals surface area contributed by atoms with E-state index in [1.807, 2.05) is 13.8 Å². The van der Waals surface area contributed by atoms with Crippen LogP contribution in [-0.2, 0) is 19.5 Å². The fourth-order valence-electron chi connectivity index (χ4n) is 3.49. The molecule has 1 unspecified atom stereocenters. The van der Waals surface area contributed by atoms with Crippen LogP contribution in [0.1, 0.15) is 24.1 Å². The van der Waals surface area contributed by atoms with E-state index in [1.165, 1.54) is 5.56 Å². The minimum atomic E-state index is -3.64. The van der Waals surface area contributed by atoms with Crippen LogP contribution in [0, 0.1) is 6.92 Å². The van der Waals surface area contributed by atoms with Crippen molar-refractivity contribution in [3.63, 3.8) is 0 Å². The minimum Gasteiger partial charge on any atom is -0.491 e. The van der Waals surface area contributed by atoms with Gasteiger partial charge in [-0.2, -0.15) is 0 Å². The molecule has 8 heteroatoms. The fourth-order valence-corrected chi connectivity index (χ4v) is 4.52. The predicted molar refractivity (Wildman–Crippen MR) is 120 cm³/mol. The van der Waals surface area contributed by atoms with Crippen molar-refractivity contribution < 1.29 is 22.6 Å². The summed E-state index contributed by atoms with van der Waals surface area (Å²) in [6.45, 7) is 8.67. The first-order chi connectivity index (χ1) is 15.0. The number of sulfonamides is 1. The van der Waals surface area contributed by atoms with Gasteiger partial charge < -0.3 is 14.2 Å². The Balaban J connectivity index is 1.66. The molecule has 0 aromatic heterocycles. The van der Waals surface area contributed by atoms with E-state index in [0.717, 1.165) is 18.7 Å². The molecule has 31 heavy (non-hydrogen) atoms. The van der Waals surface area contributed by atoms with Crippen molar-refractivity contribution in [1.82, 2.24) is 9.62 Å². The van der Waals surface area contributed by atoms with Gasteiger partial charge in [0.1, 0.15) is 12.4 Å². The van der Waals surface area contributed by atoms with E-state index in [4.69, 9.17) is 14.2 Å². The summed E-state index contributed by atoms with van der Waals surface area (Å²) in [4.78, 5) is 2.49. The van der Waals surface area contributed by atoms with Crippen LogP contribution in [0.3, 0.4) is 0 Å². The summed E-state index contributed by atoms with van der Waals surface area (Å²) in [6.07, 6.45) is 0. The normalized spacial score (nSPS) is 16.2. The first-order valence-corrected chi connectivity index (χ1v) is 12.2. The maximum Gasteiger partial charge on any atom is 0.240 e. The highest BCUT2D eigenvalue weighted by atomic mass is 32.2. The van der Waals surface area contributed by atoms with Crippen molar-refractivity contribution in [2.45, 2.75) is 24.8 Å². The first kappa shape index (κ1) is 23.7. The van der Waals surface area contributed by atoms with E-state index in [9.17, 15) is 8.42 Å². The molecule has 0 bridgehead atoms. The number of ether oxygens (including phenoxy) is 3. The Bertz CT molecular complexity index is 895. The van der Waals surface area contributed by atoms with Gasteiger partial charge in [0, 0.05) is 32.3 Å². The Morgan fingerprint density at radius 1 is 1.03 bits per heavy atom. The molecule has 0 radical (unpaired) electrons. The van der Waals surface area contributed by atoms with E-state index in [1.54, 1.807) is 24.3 Å². The Morgan fingerprint density at radius 2 is 1.71 bits per heavy atom. The lowest BCUT2D eigenvalue weighted by Crippen LogP contribution is -2.43. The van der Waals surface area contributed by atoms with Crippen LogP contribution in [0.15, 0.2) is 53.4 Å². The number of hydrogen-bond acceptors (Lipinski definition) is 6. The van der Waals surface area contributed by atoms with Crippen LogP contribution in [0.4, 0.5) is 0 Å². The third kappa shape index (κ3) is 7.02. The molecule has 7 nitrogen and oxygen atoms in total. The summed E-state index contributed by atoms with van der Waals surface area (Å²) in [7, 11) is -3.64. The van der Waals surface area contributed by atoms with Gasteiger partial charge in [0.25, 0.3) is 0 Å². The highest BCUT2D eigenvalue weighted by Gasteiger charge is 2.25. The summed E-state index contributed by atoms with van der Waals surface area (Å²) >= 11 is 0. The molecule has 1 aliphatic rings. The number of benzene rings is 2. The second-order valence-corrected chi connectivity index (χ2v) is 9.21. The largest absolute Gasteiger partial charge is 0.491 e. The molecule has 1 aliphatic heterocycles. The molecule has 2 aromatic carbocycles. The van der Waals surface area contributed by atoms with Gasteiger partial charge in [0.2, 0.25) is 10.0 Å². The molecule has 1 heterocycles. The van der Waals surface area contributed by atoms with Crippen molar-refractivity contribution in [2.24, 2.45) is 0 Å². The first-order valence-electron chi connectivity index (χ1n) is 10.7. The summed E-state index contributed by atoms with van der Waals surface area (Å²) in [5.41, 5.74) is 2.27. The highest BCUT2D eigenvalue weighted by molar-refractivity contribution is 7.89. The van der Waals surface area contributed by atoms with Gasteiger partial charge in [-0.1, -0.05) is 29.8 Å². The average molecular weight is 449 g/mol. The van der Waals surface area contributed by atoms with Crippen LogP contribution < -0.4 is 9.46 Å². The van der Waals surface area contributed by atoms with Crippen LogP contribution in [-0.4, -0.2) is 66.0 Å². The van der Waals surface area contributed by atoms with Crippen molar-refractivity contribution in [1.29, 1.82) is 0 Å². The zero-order chi connectivity index (χ0) is 22.1. The molecule has 1 atom stereocenters. The second kappa shape index (κ2) is 11.6. The monoisotopic (exact) mass is 448 g/mol. The van der Waals surface area contributed by atoms with Crippen molar-refractivity contribution in [2.75, 3.05) is 52.7 Å². The maximum atomic E-state index is 12.9. The van der Waals surface area contributed by atoms with Gasteiger partial charge in [0.05, 0.1) is 24.7 Å². The third-order valence-corrected chi connectivity index (χ3v) is 6.69. The molecule has 0 saturated carbocycles. The van der Waals surface area contributed by atoms with E-state index in [0.29, 0.717) is 38.8 Å². The molecule has 0 amide bonds. The molecule has 1 N–H and O–H groups in total. The van der Waals surface area contributed by atoms with E-state index < -0.39 is 10.0 Å². The molecular formula is C23H32N2O5S. The van der Waals surface area contributed by atoms with Crippen LogP contribution in [0.25, 0.3) is 0 Å². The quantitative estimate of drug-likeness (QED) is 0.533. The third-order valence-electron chi connectivity index (χ3n) is 5.25. The maximum absolute atomic E-state index is 12.9. The van der Waals surface area contributed by atoms with Gasteiger partial charge >= 0.3 is 0 Å². The van der Waals surface area contributed by atoms with E-state index in [-0.39, 0.29) is 17.5 Å². The van der Waals surface area contributed by atoms with Crippen molar-refractivity contribution >= 4 is 10.0 Å². The summed E-state index contributed by atoms with van der Waals surface area (Å²) in [6, 6.07) is 14.7. The van der Waals surface area contributed by atoms with Crippen molar-refractivity contribution in [3.8, 4) is 5.75 Å². The number of aryl methyl sites for hydroxylation is 1. The van der Waals surface area contributed by atoms with Crippen LogP contribution in [0.2, 0.25) is 0 Å². The molecule has 0 spiro atoms. The molecule has 0 aliphatic carbocycles. The second-order valence-electron chi connectivity index (χ2n) is 7.44. The number of morpholine rings is 1. The molecule has 170 valence electrons. The summed E-state index contributed by atoms with van der Waals surface area (Å²) < 4.78 is 44.9. The Labute approximate surface area is 185 Å². The Kier molecular flexibility index (Phi) is 8.86. The number of nitrogens with zero attached hydrogens (tertiary/aromatic N) is 1. The lowest BCUT2D eigenvalue weighted by molar-refractivity contribution is 0.0172. The number of hydrogen-bond donors (Lipinski definition) is 1. The molecule has 2 aromatic rings. The molecule has 1 fully saturated rings. The lowest BCUT2D eigenvalue weighted by atomic mass is 10.0. The Hall–Kier alpha value is -1.97. The minimum absolute atomic E-state index is 0.0551. The lowest BCUT2D eigenvalue weighted by Gasteiger charge is -2.35. The molecule has 3 rings (SSSR count). The molecule has 1 saturated heterocycles. The van der Waals surface area contributed by atoms with Gasteiger partial charge in [-0.25, -0.2) is 13.1 Å². The van der Waals surface area contributed by atoms with E-state index >= 15 is 0 Å². The van der Waals surface area contributed by atoms with Gasteiger partial charge in [-0.15, -0.1) is 0 Å². The fraction of sp³-hybridized carbons (Fsp3) is 0.478. The zero-order valence-electron chi connectivity index (χ0n) is 18.2. The Morgan fingerprint density at radius 3 is 2.35 bits per heavy atom. The van der Waals surface area contributed by atoms with Crippen molar-refractivity contribution in [3.05, 3.63) is 59.7 Å². The highest BCUT2D eigenvalue weighted by Crippen LogP contribution is 2.23. The summed E-state index contributed by atoms with van der Waals surface area (Å²) in [5, 5.41) is 0. The summed E-state index contributed by atoms with van der Waals surface area (Å²) in [5.74, 6) is 0.615. The van der Waals surface area contributed by atoms with Gasteiger partial charge in [-0.05, 0) is 43.7 Å². The number of nitrogens with one attached hydrogen (secondary N) is 1. The van der Waals surface area contributed by atoms with Crippen LogP contribution in [0.5, 0.6) is 5.75 Å². The number of rotatable bonds is 11. The van der Waals surface area contributed by atoms with Crippen LogP contribution >= 0.6 is 0 Å². The smallest absolute Gasteiger partial charge is 0.240 e. The van der Waals surface area contributed by atoms with Gasteiger partial charge in [-0.3, -0.25) is 4.90 Å². The van der Waals surface area contributed by atoms with Gasteiger partial charge in [0.15, 0.2) is 0 Å². The predicted octanol–water partition coefficient (Wildman–Crippen LogP) is 2.76. The molecular weight excluding hydrogens is 416 g/mol. The van der Waals surface area contributed by atoms with E-state index in [2.05, 4.69) is 33.9 Å². The zero-order valence-corrected chi connectivity index (χ0v) is 19.1.